The normalized spacial score (nSPS) is 12.9. The first-order valence-corrected chi connectivity index (χ1v) is 5.49. The van der Waals surface area contributed by atoms with Gasteiger partial charge in [-0.2, -0.15) is 0 Å². The maximum absolute atomic E-state index is 6.15. The van der Waals surface area contributed by atoms with Gasteiger partial charge < -0.3 is 5.32 Å². The first-order chi connectivity index (χ1) is 6.63. The second kappa shape index (κ2) is 5.38. The van der Waals surface area contributed by atoms with Gasteiger partial charge >= 0.3 is 0 Å². The van der Waals surface area contributed by atoms with Gasteiger partial charge in [0.05, 0.1) is 0 Å². The van der Waals surface area contributed by atoms with Crippen LogP contribution in [0.15, 0.2) is 18.2 Å². The van der Waals surface area contributed by atoms with Crippen molar-refractivity contribution in [1.82, 2.24) is 5.32 Å². The van der Waals surface area contributed by atoms with Crippen LogP contribution in [-0.4, -0.2) is 12.6 Å². The SMILES string of the molecule is CCNC(C)Cc1ccc(C)cc1Cl. The van der Waals surface area contributed by atoms with Gasteiger partial charge in [0.25, 0.3) is 0 Å². The fourth-order valence-electron chi connectivity index (χ4n) is 1.57. The molecule has 0 saturated heterocycles. The Kier molecular flexibility index (Phi) is 4.43. The molecule has 1 aromatic carbocycles. The lowest BCUT2D eigenvalue weighted by atomic mass is 10.1. The van der Waals surface area contributed by atoms with Gasteiger partial charge in [-0.15, -0.1) is 0 Å². The lowest BCUT2D eigenvalue weighted by Crippen LogP contribution is -2.27. The van der Waals surface area contributed by atoms with Crippen LogP contribution in [0.3, 0.4) is 0 Å². The highest BCUT2D eigenvalue weighted by atomic mass is 35.5. The van der Waals surface area contributed by atoms with Crippen LogP contribution in [0, 0.1) is 6.92 Å². The summed E-state index contributed by atoms with van der Waals surface area (Å²) in [6.07, 6.45) is 0.993. The number of hydrogen-bond donors (Lipinski definition) is 1. The predicted octanol–water partition coefficient (Wildman–Crippen LogP) is 3.19. The molecule has 1 N–H and O–H groups in total. The first-order valence-electron chi connectivity index (χ1n) is 5.12. The Morgan fingerprint density at radius 3 is 2.71 bits per heavy atom. The van der Waals surface area contributed by atoms with Crippen molar-refractivity contribution in [2.75, 3.05) is 6.54 Å². The molecule has 0 heterocycles. The summed E-state index contributed by atoms with van der Waals surface area (Å²) >= 11 is 6.15. The third kappa shape index (κ3) is 3.32. The van der Waals surface area contributed by atoms with Crippen molar-refractivity contribution in [2.24, 2.45) is 0 Å². The molecule has 2 heteroatoms. The van der Waals surface area contributed by atoms with Crippen LogP contribution in [0.4, 0.5) is 0 Å². The molecule has 1 aromatic rings. The third-order valence-corrected chi connectivity index (χ3v) is 2.64. The van der Waals surface area contributed by atoms with Crippen molar-refractivity contribution in [3.63, 3.8) is 0 Å². The van der Waals surface area contributed by atoms with Crippen LogP contribution in [0.25, 0.3) is 0 Å². The minimum Gasteiger partial charge on any atom is -0.314 e. The average Bonchev–Trinajstić information content (AvgIpc) is 2.10. The van der Waals surface area contributed by atoms with E-state index in [1.54, 1.807) is 0 Å². The molecule has 0 aliphatic rings. The van der Waals surface area contributed by atoms with Gasteiger partial charge in [-0.3, -0.25) is 0 Å². The van der Waals surface area contributed by atoms with Gasteiger partial charge in [-0.1, -0.05) is 30.7 Å². The zero-order valence-electron chi connectivity index (χ0n) is 9.10. The summed E-state index contributed by atoms with van der Waals surface area (Å²) in [7, 11) is 0. The van der Waals surface area contributed by atoms with Gasteiger partial charge in [-0.25, -0.2) is 0 Å². The van der Waals surface area contributed by atoms with E-state index in [1.807, 2.05) is 6.07 Å². The van der Waals surface area contributed by atoms with Crippen molar-refractivity contribution < 1.29 is 0 Å². The van der Waals surface area contributed by atoms with E-state index in [4.69, 9.17) is 11.6 Å². The molecule has 1 nitrogen and oxygen atoms in total. The second-order valence-electron chi connectivity index (χ2n) is 3.76. The average molecular weight is 212 g/mol. The van der Waals surface area contributed by atoms with Crippen LogP contribution >= 0.6 is 11.6 Å². The fourth-order valence-corrected chi connectivity index (χ4v) is 1.88. The first kappa shape index (κ1) is 11.5. The number of likely N-dealkylation sites (N-methyl/N-ethyl adjacent to an activating group) is 1. The summed E-state index contributed by atoms with van der Waals surface area (Å²) in [6, 6.07) is 6.74. The lowest BCUT2D eigenvalue weighted by Gasteiger charge is -2.13. The highest BCUT2D eigenvalue weighted by Gasteiger charge is 2.05. The van der Waals surface area contributed by atoms with E-state index in [9.17, 15) is 0 Å². The summed E-state index contributed by atoms with van der Waals surface area (Å²) in [5.41, 5.74) is 2.44. The molecule has 0 spiro atoms. The van der Waals surface area contributed by atoms with Crippen molar-refractivity contribution in [3.8, 4) is 0 Å². The molecule has 1 unspecified atom stereocenters. The molecular formula is C12H18ClN. The summed E-state index contributed by atoms with van der Waals surface area (Å²) < 4.78 is 0. The number of hydrogen-bond acceptors (Lipinski definition) is 1. The summed E-state index contributed by atoms with van der Waals surface area (Å²) in [5, 5.41) is 4.26. The Hall–Kier alpha value is -0.530. The number of rotatable bonds is 4. The van der Waals surface area contributed by atoms with Gasteiger partial charge in [-0.05, 0) is 44.0 Å². The lowest BCUT2D eigenvalue weighted by molar-refractivity contribution is 0.565. The van der Waals surface area contributed by atoms with Gasteiger partial charge in [0.2, 0.25) is 0 Å². The molecule has 0 amide bonds. The summed E-state index contributed by atoms with van der Waals surface area (Å²) in [5.74, 6) is 0. The Morgan fingerprint density at radius 2 is 2.14 bits per heavy atom. The third-order valence-electron chi connectivity index (χ3n) is 2.29. The zero-order valence-corrected chi connectivity index (χ0v) is 9.86. The van der Waals surface area contributed by atoms with Crippen LogP contribution in [0.5, 0.6) is 0 Å². The minimum atomic E-state index is 0.486. The summed E-state index contributed by atoms with van der Waals surface area (Å²) in [6.45, 7) is 7.36. The molecule has 0 bridgehead atoms. The quantitative estimate of drug-likeness (QED) is 0.807. The molecule has 0 aliphatic heterocycles. The Labute approximate surface area is 91.5 Å². The molecule has 0 saturated carbocycles. The van der Waals surface area contributed by atoms with E-state index in [0.717, 1.165) is 18.0 Å². The molecule has 0 aromatic heterocycles. The van der Waals surface area contributed by atoms with E-state index in [2.05, 4.69) is 38.2 Å². The molecule has 0 fully saturated rings. The Morgan fingerprint density at radius 1 is 1.43 bits per heavy atom. The minimum absolute atomic E-state index is 0.486. The number of halogens is 1. The van der Waals surface area contributed by atoms with Crippen LogP contribution in [0.1, 0.15) is 25.0 Å². The fraction of sp³-hybridized carbons (Fsp3) is 0.500. The molecule has 1 rings (SSSR count). The van der Waals surface area contributed by atoms with Crippen molar-refractivity contribution >= 4 is 11.6 Å². The van der Waals surface area contributed by atoms with E-state index < -0.39 is 0 Å². The monoisotopic (exact) mass is 211 g/mol. The van der Waals surface area contributed by atoms with Gasteiger partial charge in [0, 0.05) is 11.1 Å². The second-order valence-corrected chi connectivity index (χ2v) is 4.16. The number of benzene rings is 1. The van der Waals surface area contributed by atoms with E-state index in [0.29, 0.717) is 6.04 Å². The molecule has 14 heavy (non-hydrogen) atoms. The smallest absolute Gasteiger partial charge is 0.0441 e. The Bertz CT molecular complexity index is 296. The Balaban J connectivity index is 2.67. The summed E-state index contributed by atoms with van der Waals surface area (Å²) in [4.78, 5) is 0. The van der Waals surface area contributed by atoms with E-state index >= 15 is 0 Å². The number of nitrogens with one attached hydrogen (secondary N) is 1. The maximum Gasteiger partial charge on any atom is 0.0441 e. The number of aryl methyl sites for hydroxylation is 1. The topological polar surface area (TPSA) is 12.0 Å². The van der Waals surface area contributed by atoms with E-state index in [1.165, 1.54) is 11.1 Å². The standard InChI is InChI=1S/C12H18ClN/c1-4-14-10(3)8-11-6-5-9(2)7-12(11)13/h5-7,10,14H,4,8H2,1-3H3. The maximum atomic E-state index is 6.15. The van der Waals surface area contributed by atoms with Gasteiger partial charge in [0.15, 0.2) is 0 Å². The molecule has 0 aliphatic carbocycles. The van der Waals surface area contributed by atoms with Crippen LogP contribution in [0.2, 0.25) is 5.02 Å². The highest BCUT2D eigenvalue weighted by Crippen LogP contribution is 2.18. The van der Waals surface area contributed by atoms with Crippen LogP contribution in [-0.2, 0) is 6.42 Å². The molecule has 78 valence electrons. The molecule has 1 atom stereocenters. The zero-order chi connectivity index (χ0) is 10.6. The largest absolute Gasteiger partial charge is 0.314 e. The van der Waals surface area contributed by atoms with E-state index in [-0.39, 0.29) is 0 Å². The van der Waals surface area contributed by atoms with Crippen molar-refractivity contribution in [3.05, 3.63) is 34.3 Å². The van der Waals surface area contributed by atoms with Gasteiger partial charge in [0.1, 0.15) is 0 Å². The predicted molar refractivity (Wildman–Crippen MR) is 63.0 cm³/mol. The van der Waals surface area contributed by atoms with Crippen molar-refractivity contribution in [2.45, 2.75) is 33.2 Å². The molecule has 0 radical (unpaired) electrons. The van der Waals surface area contributed by atoms with Crippen molar-refractivity contribution in [1.29, 1.82) is 0 Å². The highest BCUT2D eigenvalue weighted by molar-refractivity contribution is 6.31. The van der Waals surface area contributed by atoms with Crippen LogP contribution < -0.4 is 5.32 Å². The molecular weight excluding hydrogens is 194 g/mol.